The molecular formula is C25H37N5O2. The van der Waals surface area contributed by atoms with Gasteiger partial charge < -0.3 is 10.2 Å². The average Bonchev–Trinajstić information content (AvgIpc) is 2.98. The van der Waals surface area contributed by atoms with Crippen LogP contribution in [0.1, 0.15) is 41.9 Å². The Morgan fingerprint density at radius 1 is 1.06 bits per heavy atom. The number of hydrogen-bond donors (Lipinski definition) is 1. The zero-order chi connectivity index (χ0) is 23.4. The van der Waals surface area contributed by atoms with E-state index in [1.807, 2.05) is 48.6 Å². The molecule has 1 fully saturated rings. The summed E-state index contributed by atoms with van der Waals surface area (Å²) in [5.41, 5.74) is 6.21. The van der Waals surface area contributed by atoms with Crippen molar-refractivity contribution >= 4 is 17.5 Å². The van der Waals surface area contributed by atoms with Crippen LogP contribution in [0.3, 0.4) is 0 Å². The van der Waals surface area contributed by atoms with Gasteiger partial charge in [0.05, 0.1) is 18.7 Å². The lowest BCUT2D eigenvalue weighted by atomic mass is 10.1. The van der Waals surface area contributed by atoms with Gasteiger partial charge in [0.25, 0.3) is 0 Å². The highest BCUT2D eigenvalue weighted by Crippen LogP contribution is 2.19. The van der Waals surface area contributed by atoms with Crippen molar-refractivity contribution in [2.45, 2.75) is 54.5 Å². The minimum Gasteiger partial charge on any atom is -0.340 e. The second-order valence-electron chi connectivity index (χ2n) is 9.35. The Kier molecular flexibility index (Phi) is 7.72. The molecule has 1 aromatic carbocycles. The molecule has 0 unspecified atom stereocenters. The molecule has 0 radical (unpaired) electrons. The maximum Gasteiger partial charge on any atom is 0.238 e. The summed E-state index contributed by atoms with van der Waals surface area (Å²) in [5, 5.41) is 7.66. The van der Waals surface area contributed by atoms with Gasteiger partial charge in [-0.3, -0.25) is 19.2 Å². The molecule has 0 bridgehead atoms. The molecule has 7 nitrogen and oxygen atoms in total. The van der Waals surface area contributed by atoms with Gasteiger partial charge in [-0.2, -0.15) is 5.10 Å². The highest BCUT2D eigenvalue weighted by molar-refractivity contribution is 5.93. The van der Waals surface area contributed by atoms with Crippen molar-refractivity contribution in [3.8, 4) is 0 Å². The first kappa shape index (κ1) is 24.0. The SMILES string of the molecule is Cc1cccc(NC(=O)CN2CCN(C(=O)Cc3c(C)nn(CC(C)C)c3C)CC2)c1C. The van der Waals surface area contributed by atoms with Crippen molar-refractivity contribution in [2.24, 2.45) is 5.92 Å². The second-order valence-corrected chi connectivity index (χ2v) is 9.35. The quantitative estimate of drug-likeness (QED) is 0.720. The molecule has 0 aliphatic carbocycles. The molecule has 3 rings (SSSR count). The van der Waals surface area contributed by atoms with Crippen LogP contribution in [0.15, 0.2) is 18.2 Å². The molecule has 2 heterocycles. The summed E-state index contributed by atoms with van der Waals surface area (Å²) in [4.78, 5) is 29.5. The van der Waals surface area contributed by atoms with Crippen molar-refractivity contribution in [1.29, 1.82) is 0 Å². The first-order valence-corrected chi connectivity index (χ1v) is 11.5. The van der Waals surface area contributed by atoms with Crippen LogP contribution >= 0.6 is 0 Å². The summed E-state index contributed by atoms with van der Waals surface area (Å²) < 4.78 is 2.02. The zero-order valence-electron chi connectivity index (χ0n) is 20.4. The third-order valence-corrected chi connectivity index (χ3v) is 6.37. The van der Waals surface area contributed by atoms with Gasteiger partial charge in [0.15, 0.2) is 0 Å². The number of benzene rings is 1. The van der Waals surface area contributed by atoms with Gasteiger partial charge in [-0.1, -0.05) is 26.0 Å². The van der Waals surface area contributed by atoms with Crippen LogP contribution < -0.4 is 5.32 Å². The summed E-state index contributed by atoms with van der Waals surface area (Å²) in [6, 6.07) is 5.93. The Morgan fingerprint density at radius 3 is 2.41 bits per heavy atom. The topological polar surface area (TPSA) is 70.5 Å². The Balaban J connectivity index is 1.50. The maximum absolute atomic E-state index is 12.9. The molecule has 0 saturated carbocycles. The van der Waals surface area contributed by atoms with E-state index in [4.69, 9.17) is 0 Å². The lowest BCUT2D eigenvalue weighted by Crippen LogP contribution is -2.50. The van der Waals surface area contributed by atoms with Gasteiger partial charge >= 0.3 is 0 Å². The molecule has 1 N–H and O–H groups in total. The van der Waals surface area contributed by atoms with Gasteiger partial charge in [0.1, 0.15) is 0 Å². The van der Waals surface area contributed by atoms with E-state index in [1.165, 1.54) is 0 Å². The van der Waals surface area contributed by atoms with Gasteiger partial charge in [-0.15, -0.1) is 0 Å². The molecule has 2 amide bonds. The Hall–Kier alpha value is -2.67. The monoisotopic (exact) mass is 439 g/mol. The molecule has 0 spiro atoms. The van der Waals surface area contributed by atoms with Crippen LogP contribution in [0, 0.1) is 33.6 Å². The summed E-state index contributed by atoms with van der Waals surface area (Å²) >= 11 is 0. The summed E-state index contributed by atoms with van der Waals surface area (Å²) in [6.07, 6.45) is 0.392. The number of aryl methyl sites for hydroxylation is 2. The number of carbonyl (C=O) groups excluding carboxylic acids is 2. The van der Waals surface area contributed by atoms with Crippen LogP contribution in [0.4, 0.5) is 5.69 Å². The number of anilines is 1. The maximum atomic E-state index is 12.9. The third kappa shape index (κ3) is 5.76. The van der Waals surface area contributed by atoms with Gasteiger partial charge in [-0.25, -0.2) is 0 Å². The number of piperazine rings is 1. The number of aromatic nitrogens is 2. The summed E-state index contributed by atoms with van der Waals surface area (Å²) in [7, 11) is 0. The molecule has 32 heavy (non-hydrogen) atoms. The van der Waals surface area contributed by atoms with E-state index < -0.39 is 0 Å². The first-order chi connectivity index (χ1) is 15.2. The van der Waals surface area contributed by atoms with E-state index in [0.29, 0.717) is 45.1 Å². The number of hydrogen-bond acceptors (Lipinski definition) is 4. The van der Waals surface area contributed by atoms with Crippen LogP contribution in [-0.4, -0.2) is 64.1 Å². The standard InChI is InChI=1S/C25H37N5O2/c1-17(2)15-30-21(6)22(20(5)27-30)14-25(32)29-12-10-28(11-13-29)16-24(31)26-23-9-7-8-18(3)19(23)4/h7-9,17H,10-16H2,1-6H3,(H,26,31). The van der Waals surface area contributed by atoms with Crippen molar-refractivity contribution in [1.82, 2.24) is 19.6 Å². The van der Waals surface area contributed by atoms with Crippen LogP contribution in [0.2, 0.25) is 0 Å². The normalized spacial score (nSPS) is 14.8. The smallest absolute Gasteiger partial charge is 0.238 e. The average molecular weight is 440 g/mol. The number of nitrogens with one attached hydrogen (secondary N) is 1. The highest BCUT2D eigenvalue weighted by atomic mass is 16.2. The third-order valence-electron chi connectivity index (χ3n) is 6.37. The Bertz CT molecular complexity index is 971. The van der Waals surface area contributed by atoms with E-state index >= 15 is 0 Å². The molecule has 1 aliphatic rings. The molecule has 1 saturated heterocycles. The van der Waals surface area contributed by atoms with Gasteiger partial charge in [0.2, 0.25) is 11.8 Å². The van der Waals surface area contributed by atoms with Crippen molar-refractivity contribution in [3.05, 3.63) is 46.3 Å². The second kappa shape index (κ2) is 10.3. The van der Waals surface area contributed by atoms with E-state index in [0.717, 1.165) is 40.3 Å². The molecular weight excluding hydrogens is 402 g/mol. The van der Waals surface area contributed by atoms with Crippen molar-refractivity contribution < 1.29 is 9.59 Å². The van der Waals surface area contributed by atoms with E-state index in [9.17, 15) is 9.59 Å². The zero-order valence-corrected chi connectivity index (χ0v) is 20.4. The number of carbonyl (C=O) groups is 2. The fourth-order valence-electron chi connectivity index (χ4n) is 4.21. The van der Waals surface area contributed by atoms with Crippen LogP contribution in [0.25, 0.3) is 0 Å². The first-order valence-electron chi connectivity index (χ1n) is 11.5. The molecule has 1 aliphatic heterocycles. The van der Waals surface area contributed by atoms with Crippen molar-refractivity contribution in [3.63, 3.8) is 0 Å². The number of rotatable bonds is 7. The molecule has 7 heteroatoms. The number of amides is 2. The number of nitrogens with zero attached hydrogens (tertiary/aromatic N) is 4. The lowest BCUT2D eigenvalue weighted by Gasteiger charge is -2.34. The van der Waals surface area contributed by atoms with E-state index in [2.05, 4.69) is 36.1 Å². The molecule has 0 atom stereocenters. The fourth-order valence-corrected chi connectivity index (χ4v) is 4.21. The van der Waals surface area contributed by atoms with E-state index in [1.54, 1.807) is 0 Å². The van der Waals surface area contributed by atoms with Gasteiger partial charge in [0, 0.05) is 49.7 Å². The summed E-state index contributed by atoms with van der Waals surface area (Å²) in [5.74, 6) is 0.638. The molecule has 2 aromatic rings. The van der Waals surface area contributed by atoms with E-state index in [-0.39, 0.29) is 11.8 Å². The van der Waals surface area contributed by atoms with Crippen molar-refractivity contribution in [2.75, 3.05) is 38.0 Å². The summed E-state index contributed by atoms with van der Waals surface area (Å²) in [6.45, 7) is 16.3. The van der Waals surface area contributed by atoms with Gasteiger partial charge in [-0.05, 0) is 50.8 Å². The minimum absolute atomic E-state index is 0.0118. The van der Waals surface area contributed by atoms with Crippen LogP contribution in [-0.2, 0) is 22.6 Å². The fraction of sp³-hybridized carbons (Fsp3) is 0.560. The Morgan fingerprint density at radius 2 is 1.75 bits per heavy atom. The predicted molar refractivity (Wildman–Crippen MR) is 128 cm³/mol. The highest BCUT2D eigenvalue weighted by Gasteiger charge is 2.24. The largest absolute Gasteiger partial charge is 0.340 e. The molecule has 1 aromatic heterocycles. The van der Waals surface area contributed by atoms with Crippen LogP contribution in [0.5, 0.6) is 0 Å². The lowest BCUT2D eigenvalue weighted by molar-refractivity contribution is -0.132. The predicted octanol–water partition coefficient (Wildman–Crippen LogP) is 3.10. The molecule has 174 valence electrons. The Labute approximate surface area is 191 Å². The minimum atomic E-state index is -0.0118.